The fourth-order valence-electron chi connectivity index (χ4n) is 2.36. The number of carbonyl (C=O) groups is 2. The molecule has 0 bridgehead atoms. The molecule has 0 heterocycles. The second-order valence-corrected chi connectivity index (χ2v) is 6.81. The zero-order valence-electron chi connectivity index (χ0n) is 15.3. The van der Waals surface area contributed by atoms with Gasteiger partial charge in [-0.05, 0) is 37.3 Å². The number of hydrogen-bond donors (Lipinski definition) is 3. The third-order valence-electron chi connectivity index (χ3n) is 3.81. The number of nitrogens with two attached hydrogens (primary N) is 1. The maximum atomic E-state index is 11.8. The van der Waals surface area contributed by atoms with Crippen LogP contribution in [0.15, 0.2) is 24.3 Å². The van der Waals surface area contributed by atoms with Crippen LogP contribution in [0.5, 0.6) is 0 Å². The summed E-state index contributed by atoms with van der Waals surface area (Å²) in [7, 11) is 0. The highest BCUT2D eigenvalue weighted by molar-refractivity contribution is 5.78. The summed E-state index contributed by atoms with van der Waals surface area (Å²) in [5, 5.41) is 5.65. The van der Waals surface area contributed by atoms with E-state index in [0.717, 1.165) is 5.56 Å². The van der Waals surface area contributed by atoms with Gasteiger partial charge in [-0.2, -0.15) is 0 Å². The van der Waals surface area contributed by atoms with Gasteiger partial charge in [0.15, 0.2) is 0 Å². The third kappa shape index (κ3) is 7.59. The molecule has 1 rings (SSSR count). The van der Waals surface area contributed by atoms with Crippen LogP contribution in [0.2, 0.25) is 0 Å². The number of carbonyl (C=O) groups excluding carboxylic acids is 2. The molecule has 2 amide bonds. The standard InChI is InChI=1S/C19H31N3O2/c1-13(2)15-8-10-16(11-9-15)17(20)12-21-18(23)6-5-7-19(24)22-14(3)4/h8-11,13-14,17H,5-7,12,20H2,1-4H3,(H,21,23)(H,22,24). The maximum absolute atomic E-state index is 11.8. The van der Waals surface area contributed by atoms with Gasteiger partial charge in [-0.15, -0.1) is 0 Å². The van der Waals surface area contributed by atoms with Gasteiger partial charge in [-0.3, -0.25) is 9.59 Å². The molecule has 4 N–H and O–H groups in total. The topological polar surface area (TPSA) is 84.2 Å². The number of benzene rings is 1. The Bertz CT molecular complexity index is 524. The van der Waals surface area contributed by atoms with E-state index in [1.807, 2.05) is 26.0 Å². The van der Waals surface area contributed by atoms with E-state index < -0.39 is 0 Å². The predicted molar refractivity (Wildman–Crippen MR) is 97.6 cm³/mol. The second-order valence-electron chi connectivity index (χ2n) is 6.81. The Morgan fingerprint density at radius 2 is 1.50 bits per heavy atom. The van der Waals surface area contributed by atoms with Crippen molar-refractivity contribution in [3.63, 3.8) is 0 Å². The highest BCUT2D eigenvalue weighted by Crippen LogP contribution is 2.17. The van der Waals surface area contributed by atoms with Crippen LogP contribution in [0.1, 0.15) is 70.0 Å². The van der Waals surface area contributed by atoms with Gasteiger partial charge >= 0.3 is 0 Å². The lowest BCUT2D eigenvalue weighted by Crippen LogP contribution is -2.32. The summed E-state index contributed by atoms with van der Waals surface area (Å²) in [5.74, 6) is 0.407. The van der Waals surface area contributed by atoms with Gasteiger partial charge < -0.3 is 16.4 Å². The van der Waals surface area contributed by atoms with E-state index in [1.54, 1.807) is 0 Å². The van der Waals surface area contributed by atoms with Crippen LogP contribution in [0, 0.1) is 0 Å². The van der Waals surface area contributed by atoms with Gasteiger partial charge in [0.1, 0.15) is 0 Å². The number of amides is 2. The van der Waals surface area contributed by atoms with E-state index in [9.17, 15) is 9.59 Å². The maximum Gasteiger partial charge on any atom is 0.220 e. The summed E-state index contributed by atoms with van der Waals surface area (Å²) in [6, 6.07) is 8.10. The summed E-state index contributed by atoms with van der Waals surface area (Å²) in [4.78, 5) is 23.3. The van der Waals surface area contributed by atoms with Crippen molar-refractivity contribution in [2.45, 2.75) is 65.0 Å². The van der Waals surface area contributed by atoms with E-state index in [-0.39, 0.29) is 23.9 Å². The summed E-state index contributed by atoms with van der Waals surface area (Å²) >= 11 is 0. The van der Waals surface area contributed by atoms with Crippen molar-refractivity contribution in [3.05, 3.63) is 35.4 Å². The normalized spacial score (nSPS) is 12.3. The highest BCUT2D eigenvalue weighted by atomic mass is 16.2. The number of hydrogen-bond acceptors (Lipinski definition) is 3. The van der Waals surface area contributed by atoms with Crippen LogP contribution < -0.4 is 16.4 Å². The molecule has 0 aromatic heterocycles. The number of nitrogens with one attached hydrogen (secondary N) is 2. The molecule has 24 heavy (non-hydrogen) atoms. The third-order valence-corrected chi connectivity index (χ3v) is 3.81. The van der Waals surface area contributed by atoms with E-state index in [4.69, 9.17) is 5.73 Å². The predicted octanol–water partition coefficient (Wildman–Crippen LogP) is 2.62. The van der Waals surface area contributed by atoms with Crippen LogP contribution >= 0.6 is 0 Å². The summed E-state index contributed by atoms with van der Waals surface area (Å²) in [6.07, 6.45) is 1.25. The first-order chi connectivity index (χ1) is 11.3. The molecule has 0 saturated carbocycles. The molecule has 0 fully saturated rings. The second kappa shape index (κ2) is 10.1. The molecular weight excluding hydrogens is 302 g/mol. The molecule has 134 valence electrons. The minimum absolute atomic E-state index is 0.0141. The first kappa shape index (κ1) is 20.2. The molecule has 0 spiro atoms. The lowest BCUT2D eigenvalue weighted by atomic mass is 9.99. The van der Waals surface area contributed by atoms with E-state index in [1.165, 1.54) is 5.56 Å². The Balaban J connectivity index is 2.29. The van der Waals surface area contributed by atoms with Crippen molar-refractivity contribution in [3.8, 4) is 0 Å². The van der Waals surface area contributed by atoms with Gasteiger partial charge in [0.2, 0.25) is 11.8 Å². The molecule has 1 aromatic rings. The van der Waals surface area contributed by atoms with Crippen molar-refractivity contribution in [2.24, 2.45) is 5.73 Å². The summed E-state index contributed by atoms with van der Waals surface area (Å²) in [5.41, 5.74) is 8.41. The van der Waals surface area contributed by atoms with Gasteiger partial charge in [-0.25, -0.2) is 0 Å². The van der Waals surface area contributed by atoms with Crippen molar-refractivity contribution in [1.29, 1.82) is 0 Å². The van der Waals surface area contributed by atoms with Crippen LogP contribution in [-0.2, 0) is 9.59 Å². The highest BCUT2D eigenvalue weighted by Gasteiger charge is 2.10. The monoisotopic (exact) mass is 333 g/mol. The fraction of sp³-hybridized carbons (Fsp3) is 0.579. The molecule has 0 saturated heterocycles. The lowest BCUT2D eigenvalue weighted by Gasteiger charge is -2.14. The van der Waals surface area contributed by atoms with Crippen molar-refractivity contribution >= 4 is 11.8 Å². The summed E-state index contributed by atoms with van der Waals surface area (Å²) in [6.45, 7) is 8.53. The van der Waals surface area contributed by atoms with Crippen molar-refractivity contribution < 1.29 is 9.59 Å². The zero-order valence-corrected chi connectivity index (χ0v) is 15.3. The van der Waals surface area contributed by atoms with Crippen LogP contribution in [-0.4, -0.2) is 24.4 Å². The molecule has 0 aliphatic carbocycles. The molecular formula is C19H31N3O2. The molecule has 0 aliphatic rings. The zero-order chi connectivity index (χ0) is 18.1. The van der Waals surface area contributed by atoms with Gasteiger partial charge in [-0.1, -0.05) is 38.1 Å². The molecule has 1 atom stereocenters. The molecule has 5 heteroatoms. The van der Waals surface area contributed by atoms with Crippen molar-refractivity contribution in [2.75, 3.05) is 6.54 Å². The smallest absolute Gasteiger partial charge is 0.220 e. The fourth-order valence-corrected chi connectivity index (χ4v) is 2.36. The lowest BCUT2D eigenvalue weighted by molar-refractivity contribution is -0.122. The Kier molecular flexibility index (Phi) is 8.47. The van der Waals surface area contributed by atoms with Gasteiger partial charge in [0, 0.05) is 31.5 Å². The molecule has 1 aromatic carbocycles. The Morgan fingerprint density at radius 1 is 0.958 bits per heavy atom. The van der Waals surface area contributed by atoms with E-state index in [2.05, 4.69) is 36.6 Å². The molecule has 1 unspecified atom stereocenters. The molecule has 0 radical (unpaired) electrons. The van der Waals surface area contributed by atoms with Crippen LogP contribution in [0.25, 0.3) is 0 Å². The summed E-state index contributed by atoms with van der Waals surface area (Å²) < 4.78 is 0. The van der Waals surface area contributed by atoms with Crippen LogP contribution in [0.3, 0.4) is 0 Å². The van der Waals surface area contributed by atoms with Gasteiger partial charge in [0.25, 0.3) is 0 Å². The van der Waals surface area contributed by atoms with Crippen molar-refractivity contribution in [1.82, 2.24) is 10.6 Å². The number of rotatable bonds is 9. The minimum atomic E-state index is -0.223. The SMILES string of the molecule is CC(C)NC(=O)CCCC(=O)NCC(N)c1ccc(C(C)C)cc1. The Labute approximate surface area is 145 Å². The Hall–Kier alpha value is -1.88. The van der Waals surface area contributed by atoms with Gasteiger partial charge in [0.05, 0.1) is 0 Å². The average Bonchev–Trinajstić information content (AvgIpc) is 2.52. The first-order valence-electron chi connectivity index (χ1n) is 8.71. The first-order valence-corrected chi connectivity index (χ1v) is 8.71. The minimum Gasteiger partial charge on any atom is -0.354 e. The van der Waals surface area contributed by atoms with E-state index >= 15 is 0 Å². The quantitative estimate of drug-likeness (QED) is 0.649. The molecule has 5 nitrogen and oxygen atoms in total. The van der Waals surface area contributed by atoms with Crippen LogP contribution in [0.4, 0.5) is 0 Å². The largest absolute Gasteiger partial charge is 0.354 e. The average molecular weight is 333 g/mol. The Morgan fingerprint density at radius 3 is 2.04 bits per heavy atom. The van der Waals surface area contributed by atoms with E-state index in [0.29, 0.717) is 31.7 Å². The molecule has 0 aliphatic heterocycles.